The van der Waals surface area contributed by atoms with Gasteiger partial charge in [0, 0.05) is 20.8 Å². The minimum Gasteiger partial charge on any atom is -0.321 e. The lowest BCUT2D eigenvalue weighted by Gasteiger charge is -2.05. The van der Waals surface area contributed by atoms with Crippen molar-refractivity contribution in [1.29, 1.82) is 0 Å². The Bertz CT molecular complexity index is 540. The third kappa shape index (κ3) is 3.14. The molecule has 0 fully saturated rings. The third-order valence-electron chi connectivity index (χ3n) is 2.08. The van der Waals surface area contributed by atoms with E-state index >= 15 is 0 Å². The topological polar surface area (TPSA) is 42.0 Å². The quantitative estimate of drug-likeness (QED) is 0.888. The van der Waals surface area contributed by atoms with Crippen molar-refractivity contribution in [1.82, 2.24) is 4.98 Å². The molecule has 2 aromatic rings. The molecule has 0 aliphatic heterocycles. The predicted molar refractivity (Wildman–Crippen MR) is 74.0 cm³/mol. The first kappa shape index (κ1) is 12.3. The number of benzene rings is 1. The van der Waals surface area contributed by atoms with E-state index in [-0.39, 0.29) is 5.91 Å². The van der Waals surface area contributed by atoms with E-state index in [4.69, 9.17) is 0 Å². The van der Waals surface area contributed by atoms with Gasteiger partial charge in [-0.2, -0.15) is 0 Å². The van der Waals surface area contributed by atoms with Crippen molar-refractivity contribution in [3.63, 3.8) is 0 Å². The van der Waals surface area contributed by atoms with Crippen molar-refractivity contribution in [2.45, 2.75) is 0 Å². The van der Waals surface area contributed by atoms with Gasteiger partial charge < -0.3 is 5.32 Å². The Balaban J connectivity index is 2.17. The molecule has 1 aromatic heterocycles. The van der Waals surface area contributed by atoms with Crippen molar-refractivity contribution in [3.05, 3.63) is 57.2 Å². The molecular formula is C12H8Br2N2O. The fraction of sp³-hybridized carbons (Fsp3) is 0. The van der Waals surface area contributed by atoms with E-state index in [0.717, 1.165) is 10.2 Å². The monoisotopic (exact) mass is 354 g/mol. The Morgan fingerprint density at radius 2 is 1.82 bits per heavy atom. The van der Waals surface area contributed by atoms with Gasteiger partial charge in [0.15, 0.2) is 0 Å². The van der Waals surface area contributed by atoms with E-state index in [1.54, 1.807) is 18.3 Å². The molecule has 1 aromatic carbocycles. The number of nitrogens with one attached hydrogen (secondary N) is 1. The fourth-order valence-electron chi connectivity index (χ4n) is 1.28. The van der Waals surface area contributed by atoms with Crippen molar-refractivity contribution < 1.29 is 4.79 Å². The van der Waals surface area contributed by atoms with Crippen molar-refractivity contribution >= 4 is 43.5 Å². The normalized spacial score (nSPS) is 10.0. The van der Waals surface area contributed by atoms with Gasteiger partial charge in [-0.05, 0) is 52.3 Å². The first-order chi connectivity index (χ1) is 8.16. The number of halogens is 2. The highest BCUT2D eigenvalue weighted by molar-refractivity contribution is 9.10. The van der Waals surface area contributed by atoms with Gasteiger partial charge >= 0.3 is 0 Å². The minimum absolute atomic E-state index is 0.236. The van der Waals surface area contributed by atoms with E-state index in [0.29, 0.717) is 10.2 Å². The summed E-state index contributed by atoms with van der Waals surface area (Å²) in [6.07, 6.45) is 1.58. The van der Waals surface area contributed by atoms with Crippen LogP contribution >= 0.6 is 31.9 Å². The van der Waals surface area contributed by atoms with Crippen molar-refractivity contribution in [2.75, 3.05) is 5.32 Å². The van der Waals surface area contributed by atoms with Crippen LogP contribution in [0.1, 0.15) is 10.5 Å². The Morgan fingerprint density at radius 1 is 1.12 bits per heavy atom. The molecule has 3 nitrogen and oxygen atoms in total. The van der Waals surface area contributed by atoms with Crippen LogP contribution in [0, 0.1) is 0 Å². The van der Waals surface area contributed by atoms with Gasteiger partial charge in [0.2, 0.25) is 0 Å². The second-order valence-corrected chi connectivity index (χ2v) is 5.06. The van der Waals surface area contributed by atoms with Gasteiger partial charge in [0.05, 0.1) is 0 Å². The van der Waals surface area contributed by atoms with Crippen LogP contribution in [0.25, 0.3) is 0 Å². The standard InChI is InChI=1S/C12H8Br2N2O/c13-8-3-5-9(6-4-8)16-12(17)11-10(14)2-1-7-15-11/h1-7H,(H,16,17). The Hall–Kier alpha value is -1.20. The van der Waals surface area contributed by atoms with Gasteiger partial charge in [-0.3, -0.25) is 4.79 Å². The second-order valence-electron chi connectivity index (χ2n) is 3.29. The van der Waals surface area contributed by atoms with Gasteiger partial charge in [-0.1, -0.05) is 15.9 Å². The molecule has 0 atom stereocenters. The summed E-state index contributed by atoms with van der Waals surface area (Å²) in [6, 6.07) is 10.9. The lowest BCUT2D eigenvalue weighted by molar-refractivity contribution is 0.102. The molecule has 1 amide bonds. The van der Waals surface area contributed by atoms with E-state index in [9.17, 15) is 4.79 Å². The van der Waals surface area contributed by atoms with Crippen molar-refractivity contribution in [2.24, 2.45) is 0 Å². The highest BCUT2D eigenvalue weighted by Gasteiger charge is 2.10. The van der Waals surface area contributed by atoms with Crippen LogP contribution in [0.3, 0.4) is 0 Å². The maximum Gasteiger partial charge on any atom is 0.275 e. The second kappa shape index (κ2) is 5.42. The Labute approximate surface area is 116 Å². The first-order valence-electron chi connectivity index (χ1n) is 4.84. The van der Waals surface area contributed by atoms with Crippen LogP contribution in [-0.2, 0) is 0 Å². The van der Waals surface area contributed by atoms with E-state index < -0.39 is 0 Å². The summed E-state index contributed by atoms with van der Waals surface area (Å²) in [5.41, 5.74) is 1.10. The molecule has 86 valence electrons. The number of pyridine rings is 1. The molecule has 1 N–H and O–H groups in total. The van der Waals surface area contributed by atoms with Gasteiger partial charge in [-0.15, -0.1) is 0 Å². The SMILES string of the molecule is O=C(Nc1ccc(Br)cc1)c1ncccc1Br. The Kier molecular flexibility index (Phi) is 3.91. The van der Waals surface area contributed by atoms with Crippen LogP contribution in [0.2, 0.25) is 0 Å². The molecule has 0 bridgehead atoms. The third-order valence-corrected chi connectivity index (χ3v) is 3.24. The van der Waals surface area contributed by atoms with Crippen LogP contribution in [0.15, 0.2) is 51.5 Å². The lowest BCUT2D eigenvalue weighted by Crippen LogP contribution is -2.14. The number of amides is 1. The largest absolute Gasteiger partial charge is 0.321 e. The number of hydrogen-bond acceptors (Lipinski definition) is 2. The number of anilines is 1. The average molecular weight is 356 g/mol. The smallest absolute Gasteiger partial charge is 0.275 e. The summed E-state index contributed by atoms with van der Waals surface area (Å²) in [6.45, 7) is 0. The molecule has 2 rings (SSSR count). The summed E-state index contributed by atoms with van der Waals surface area (Å²) < 4.78 is 1.64. The van der Waals surface area contributed by atoms with Crippen molar-refractivity contribution in [3.8, 4) is 0 Å². The molecule has 0 saturated heterocycles. The molecule has 0 saturated carbocycles. The average Bonchev–Trinajstić information content (AvgIpc) is 2.32. The molecule has 17 heavy (non-hydrogen) atoms. The molecule has 0 aliphatic rings. The van der Waals surface area contributed by atoms with Crippen LogP contribution in [0.5, 0.6) is 0 Å². The number of nitrogens with zero attached hydrogens (tertiary/aromatic N) is 1. The Morgan fingerprint density at radius 3 is 2.47 bits per heavy atom. The summed E-state index contributed by atoms with van der Waals surface area (Å²) >= 11 is 6.63. The summed E-state index contributed by atoms with van der Waals surface area (Å²) in [5.74, 6) is -0.236. The highest BCUT2D eigenvalue weighted by atomic mass is 79.9. The zero-order valence-corrected chi connectivity index (χ0v) is 11.8. The molecule has 0 spiro atoms. The summed E-state index contributed by atoms with van der Waals surface area (Å²) in [4.78, 5) is 15.9. The minimum atomic E-state index is -0.236. The number of carbonyl (C=O) groups excluding carboxylic acids is 1. The molecule has 1 heterocycles. The molecule has 5 heteroatoms. The molecule has 0 radical (unpaired) electrons. The number of hydrogen-bond donors (Lipinski definition) is 1. The first-order valence-corrected chi connectivity index (χ1v) is 6.43. The maximum absolute atomic E-state index is 11.9. The highest BCUT2D eigenvalue weighted by Crippen LogP contribution is 2.17. The molecular weight excluding hydrogens is 348 g/mol. The lowest BCUT2D eigenvalue weighted by atomic mass is 10.3. The van der Waals surface area contributed by atoms with Gasteiger partial charge in [0.1, 0.15) is 5.69 Å². The molecule has 0 aliphatic carbocycles. The van der Waals surface area contributed by atoms with Gasteiger partial charge in [-0.25, -0.2) is 4.98 Å². The number of carbonyl (C=O) groups is 1. The zero-order chi connectivity index (χ0) is 12.3. The predicted octanol–water partition coefficient (Wildman–Crippen LogP) is 3.86. The molecule has 0 unspecified atom stereocenters. The summed E-state index contributed by atoms with van der Waals surface area (Å²) in [7, 11) is 0. The number of rotatable bonds is 2. The van der Waals surface area contributed by atoms with Crippen LogP contribution in [0.4, 0.5) is 5.69 Å². The van der Waals surface area contributed by atoms with Crippen LogP contribution in [-0.4, -0.2) is 10.9 Å². The van der Waals surface area contributed by atoms with E-state index in [2.05, 4.69) is 42.2 Å². The van der Waals surface area contributed by atoms with Gasteiger partial charge in [0.25, 0.3) is 5.91 Å². The fourth-order valence-corrected chi connectivity index (χ4v) is 1.98. The summed E-state index contributed by atoms with van der Waals surface area (Å²) in [5, 5.41) is 2.77. The van der Waals surface area contributed by atoms with E-state index in [1.165, 1.54) is 0 Å². The maximum atomic E-state index is 11.9. The van der Waals surface area contributed by atoms with E-state index in [1.807, 2.05) is 24.3 Å². The van der Waals surface area contributed by atoms with Crippen LogP contribution < -0.4 is 5.32 Å². The number of aromatic nitrogens is 1. The zero-order valence-electron chi connectivity index (χ0n) is 8.65.